The molecule has 0 aliphatic carbocycles. The van der Waals surface area contributed by atoms with Gasteiger partial charge < -0.3 is 10.4 Å². The summed E-state index contributed by atoms with van der Waals surface area (Å²) in [6.07, 6.45) is 0. The van der Waals surface area contributed by atoms with Gasteiger partial charge in [0, 0.05) is 4.88 Å². The molecule has 2 rings (SSSR count). The number of carbonyl (C=O) groups is 2. The average Bonchev–Trinajstić information content (AvgIpc) is 2.97. The second-order valence-electron chi connectivity index (χ2n) is 3.83. The molecule has 2 aromatic heterocycles. The van der Waals surface area contributed by atoms with Crippen molar-refractivity contribution in [2.24, 2.45) is 0 Å². The van der Waals surface area contributed by atoms with Gasteiger partial charge in [-0.3, -0.25) is 4.79 Å². The first-order chi connectivity index (χ1) is 8.99. The van der Waals surface area contributed by atoms with Crippen LogP contribution in [0.15, 0.2) is 27.4 Å². The first kappa shape index (κ1) is 14.2. The number of thiophene rings is 2. The quantitative estimate of drug-likeness (QED) is 0.878. The Morgan fingerprint density at radius 2 is 2.21 bits per heavy atom. The summed E-state index contributed by atoms with van der Waals surface area (Å²) < 4.78 is 0.876. The summed E-state index contributed by atoms with van der Waals surface area (Å²) in [7, 11) is 0. The van der Waals surface area contributed by atoms with Gasteiger partial charge in [0.1, 0.15) is 0 Å². The van der Waals surface area contributed by atoms with E-state index < -0.39 is 12.0 Å². The molecule has 2 N–H and O–H groups in total. The molecule has 0 spiro atoms. The van der Waals surface area contributed by atoms with Crippen LogP contribution < -0.4 is 5.32 Å². The molecule has 0 aliphatic rings. The smallest absolute Gasteiger partial charge is 0.331 e. The SMILES string of the molecule is Cc1cc(C(=O)NC(C(=O)O)c2cccs2)sc1Br. The maximum atomic E-state index is 12.0. The Balaban J connectivity index is 2.18. The van der Waals surface area contributed by atoms with Gasteiger partial charge >= 0.3 is 5.97 Å². The summed E-state index contributed by atoms with van der Waals surface area (Å²) in [5.41, 5.74) is 0.957. The van der Waals surface area contributed by atoms with Crippen LogP contribution in [0.3, 0.4) is 0 Å². The Morgan fingerprint density at radius 3 is 2.68 bits per heavy atom. The van der Waals surface area contributed by atoms with E-state index in [1.807, 2.05) is 6.92 Å². The highest BCUT2D eigenvalue weighted by Crippen LogP contribution is 2.28. The van der Waals surface area contributed by atoms with Crippen molar-refractivity contribution >= 4 is 50.5 Å². The number of nitrogens with one attached hydrogen (secondary N) is 1. The van der Waals surface area contributed by atoms with E-state index in [2.05, 4.69) is 21.2 Å². The lowest BCUT2D eigenvalue weighted by molar-refractivity contribution is -0.139. The Morgan fingerprint density at radius 1 is 1.47 bits per heavy atom. The zero-order chi connectivity index (χ0) is 14.0. The summed E-state index contributed by atoms with van der Waals surface area (Å²) in [5.74, 6) is -1.44. The van der Waals surface area contributed by atoms with E-state index in [0.717, 1.165) is 9.35 Å². The molecule has 7 heteroatoms. The van der Waals surface area contributed by atoms with E-state index in [9.17, 15) is 14.7 Å². The maximum absolute atomic E-state index is 12.0. The highest BCUT2D eigenvalue weighted by Gasteiger charge is 2.24. The van der Waals surface area contributed by atoms with Crippen LogP contribution in [-0.2, 0) is 4.79 Å². The highest BCUT2D eigenvalue weighted by molar-refractivity contribution is 9.11. The second-order valence-corrected chi connectivity index (χ2v) is 7.18. The molecule has 19 heavy (non-hydrogen) atoms. The Bertz CT molecular complexity index is 587. The van der Waals surface area contributed by atoms with E-state index in [-0.39, 0.29) is 5.91 Å². The summed E-state index contributed by atoms with van der Waals surface area (Å²) >= 11 is 5.93. The van der Waals surface area contributed by atoms with E-state index in [1.165, 1.54) is 22.7 Å². The second kappa shape index (κ2) is 5.85. The van der Waals surface area contributed by atoms with Crippen LogP contribution in [0.25, 0.3) is 0 Å². The third-order valence-corrected chi connectivity index (χ3v) is 5.50. The molecule has 100 valence electrons. The van der Waals surface area contributed by atoms with Gasteiger partial charge in [-0.1, -0.05) is 6.07 Å². The van der Waals surface area contributed by atoms with E-state index in [4.69, 9.17) is 0 Å². The van der Waals surface area contributed by atoms with Gasteiger partial charge in [-0.2, -0.15) is 0 Å². The van der Waals surface area contributed by atoms with Crippen molar-refractivity contribution in [3.8, 4) is 0 Å². The fourth-order valence-corrected chi connectivity index (χ4v) is 3.69. The predicted octanol–water partition coefficient (Wildman–Crippen LogP) is 3.44. The van der Waals surface area contributed by atoms with Crippen LogP contribution in [0.5, 0.6) is 0 Å². The highest BCUT2D eigenvalue weighted by atomic mass is 79.9. The van der Waals surface area contributed by atoms with Crippen molar-refractivity contribution < 1.29 is 14.7 Å². The van der Waals surface area contributed by atoms with Crippen molar-refractivity contribution in [3.05, 3.63) is 42.7 Å². The Hall–Kier alpha value is -1.18. The molecule has 0 radical (unpaired) electrons. The van der Waals surface area contributed by atoms with Gasteiger partial charge in [0.25, 0.3) is 5.91 Å². The van der Waals surface area contributed by atoms with E-state index >= 15 is 0 Å². The minimum Gasteiger partial charge on any atom is -0.479 e. The molecule has 4 nitrogen and oxygen atoms in total. The summed E-state index contributed by atoms with van der Waals surface area (Å²) in [6, 6.07) is 4.18. The molecule has 2 aromatic rings. The van der Waals surface area contributed by atoms with Crippen molar-refractivity contribution in [3.63, 3.8) is 0 Å². The molecule has 0 saturated heterocycles. The largest absolute Gasteiger partial charge is 0.479 e. The number of carboxylic acid groups (broad SMARTS) is 1. The number of carbonyl (C=O) groups excluding carboxylic acids is 1. The Labute approximate surface area is 126 Å². The number of halogens is 1. The van der Waals surface area contributed by atoms with E-state index in [1.54, 1.807) is 23.6 Å². The number of hydrogen-bond acceptors (Lipinski definition) is 4. The lowest BCUT2D eigenvalue weighted by Gasteiger charge is -2.11. The molecule has 2 heterocycles. The number of rotatable bonds is 4. The molecule has 0 bridgehead atoms. The fraction of sp³-hybridized carbons (Fsp3) is 0.167. The summed E-state index contributed by atoms with van der Waals surface area (Å²) in [6.45, 7) is 1.88. The Kier molecular flexibility index (Phi) is 4.38. The zero-order valence-electron chi connectivity index (χ0n) is 9.84. The molecule has 1 atom stereocenters. The summed E-state index contributed by atoms with van der Waals surface area (Å²) in [4.78, 5) is 24.4. The maximum Gasteiger partial charge on any atom is 0.331 e. The van der Waals surface area contributed by atoms with Gasteiger partial charge in [-0.25, -0.2) is 4.79 Å². The van der Waals surface area contributed by atoms with Gasteiger partial charge in [0.15, 0.2) is 6.04 Å². The third kappa shape index (κ3) is 3.23. The van der Waals surface area contributed by atoms with Crippen LogP contribution in [0, 0.1) is 6.92 Å². The zero-order valence-corrected chi connectivity index (χ0v) is 13.1. The van der Waals surface area contributed by atoms with Crippen LogP contribution in [0.2, 0.25) is 0 Å². The molecule has 1 amide bonds. The molecule has 0 saturated carbocycles. The number of hydrogen-bond donors (Lipinski definition) is 2. The number of aliphatic carboxylic acids is 1. The van der Waals surface area contributed by atoms with Gasteiger partial charge in [0.2, 0.25) is 0 Å². The molecule has 0 aromatic carbocycles. The lowest BCUT2D eigenvalue weighted by atomic mass is 10.2. The topological polar surface area (TPSA) is 66.4 Å². The van der Waals surface area contributed by atoms with Crippen molar-refractivity contribution in [1.82, 2.24) is 5.32 Å². The predicted molar refractivity (Wildman–Crippen MR) is 78.9 cm³/mol. The van der Waals surface area contributed by atoms with Crippen molar-refractivity contribution in [1.29, 1.82) is 0 Å². The molecule has 0 aliphatic heterocycles. The van der Waals surface area contributed by atoms with Crippen molar-refractivity contribution in [2.45, 2.75) is 13.0 Å². The lowest BCUT2D eigenvalue weighted by Crippen LogP contribution is -2.32. The van der Waals surface area contributed by atoms with Crippen LogP contribution >= 0.6 is 38.6 Å². The molecular weight excluding hydrogens is 350 g/mol. The van der Waals surface area contributed by atoms with Crippen LogP contribution in [0.1, 0.15) is 26.2 Å². The van der Waals surface area contributed by atoms with Gasteiger partial charge in [-0.05, 0) is 45.9 Å². The standard InChI is InChI=1S/C12H10BrNO3S2/c1-6-5-8(19-10(6)13)11(15)14-9(12(16)17)7-3-2-4-18-7/h2-5,9H,1H3,(H,14,15)(H,16,17). The van der Waals surface area contributed by atoms with Crippen molar-refractivity contribution in [2.75, 3.05) is 0 Å². The molecule has 1 unspecified atom stereocenters. The first-order valence-corrected chi connectivity index (χ1v) is 7.81. The van der Waals surface area contributed by atoms with Gasteiger partial charge in [0.05, 0.1) is 8.66 Å². The minimum atomic E-state index is -1.07. The first-order valence-electron chi connectivity index (χ1n) is 5.32. The monoisotopic (exact) mass is 359 g/mol. The number of amides is 1. The minimum absolute atomic E-state index is 0.375. The van der Waals surface area contributed by atoms with Crippen LogP contribution in [0.4, 0.5) is 0 Å². The number of aryl methyl sites for hydroxylation is 1. The average molecular weight is 360 g/mol. The fourth-order valence-electron chi connectivity index (χ4n) is 1.48. The van der Waals surface area contributed by atoms with E-state index in [0.29, 0.717) is 9.75 Å². The van der Waals surface area contributed by atoms with Gasteiger partial charge in [-0.15, -0.1) is 22.7 Å². The summed E-state index contributed by atoms with van der Waals surface area (Å²) in [5, 5.41) is 13.5. The normalized spacial score (nSPS) is 12.1. The third-order valence-electron chi connectivity index (χ3n) is 2.43. The number of carboxylic acids is 1. The molecule has 0 fully saturated rings. The van der Waals surface area contributed by atoms with Crippen LogP contribution in [-0.4, -0.2) is 17.0 Å². The molecular formula is C12H10BrNO3S2.